The minimum atomic E-state index is 0.380. The van der Waals surface area contributed by atoms with Crippen molar-refractivity contribution in [1.82, 2.24) is 5.32 Å². The lowest BCUT2D eigenvalue weighted by molar-refractivity contribution is 0.360. The van der Waals surface area contributed by atoms with Crippen LogP contribution in [0.3, 0.4) is 0 Å². The average molecular weight is 205 g/mol. The average Bonchev–Trinajstić information content (AvgIpc) is 2.27. The highest BCUT2D eigenvalue weighted by Crippen LogP contribution is 2.32. The van der Waals surface area contributed by atoms with Crippen LogP contribution in [0.15, 0.2) is 18.2 Å². The summed E-state index contributed by atoms with van der Waals surface area (Å²) in [5.74, 6) is 0.997. The van der Waals surface area contributed by atoms with E-state index >= 15 is 0 Å². The highest BCUT2D eigenvalue weighted by atomic mass is 16.3. The third kappa shape index (κ3) is 2.00. The summed E-state index contributed by atoms with van der Waals surface area (Å²) in [4.78, 5) is 0. The van der Waals surface area contributed by atoms with Gasteiger partial charge < -0.3 is 10.4 Å². The highest BCUT2D eigenvalue weighted by molar-refractivity contribution is 5.38. The molecule has 0 fully saturated rings. The molecule has 1 aliphatic rings. The zero-order valence-electron chi connectivity index (χ0n) is 9.46. The van der Waals surface area contributed by atoms with Crippen molar-refractivity contribution in [2.45, 2.75) is 32.7 Å². The predicted octanol–water partition coefficient (Wildman–Crippen LogP) is 2.63. The smallest absolute Gasteiger partial charge is 0.115 e. The molecular formula is C13H19NO. The fourth-order valence-electron chi connectivity index (χ4n) is 2.32. The molecule has 0 aromatic heterocycles. The molecule has 2 atom stereocenters. The molecule has 82 valence electrons. The lowest BCUT2D eigenvalue weighted by Gasteiger charge is -2.31. The first-order valence-corrected chi connectivity index (χ1v) is 5.77. The first-order chi connectivity index (χ1) is 7.22. The molecule has 1 aromatic rings. The van der Waals surface area contributed by atoms with E-state index in [0.29, 0.717) is 17.7 Å². The van der Waals surface area contributed by atoms with Gasteiger partial charge in [0.05, 0.1) is 0 Å². The maximum atomic E-state index is 9.53. The maximum absolute atomic E-state index is 9.53. The Morgan fingerprint density at radius 3 is 3.07 bits per heavy atom. The van der Waals surface area contributed by atoms with Gasteiger partial charge in [0.15, 0.2) is 0 Å². The molecule has 2 rings (SSSR count). The number of benzene rings is 1. The van der Waals surface area contributed by atoms with E-state index in [-0.39, 0.29) is 0 Å². The molecule has 0 amide bonds. The molecular weight excluding hydrogens is 186 g/mol. The van der Waals surface area contributed by atoms with E-state index in [1.807, 2.05) is 6.07 Å². The van der Waals surface area contributed by atoms with Crippen molar-refractivity contribution in [3.63, 3.8) is 0 Å². The van der Waals surface area contributed by atoms with Gasteiger partial charge in [-0.05, 0) is 42.1 Å². The SMILES string of the molecule is CCC(C)C1NCCc2ccc(O)cc21. The number of hydrogen-bond donors (Lipinski definition) is 2. The number of phenols is 1. The summed E-state index contributed by atoms with van der Waals surface area (Å²) in [5, 5.41) is 13.1. The predicted molar refractivity (Wildman–Crippen MR) is 62.0 cm³/mol. The Kier molecular flexibility index (Phi) is 2.96. The summed E-state index contributed by atoms with van der Waals surface area (Å²) >= 11 is 0. The number of aromatic hydroxyl groups is 1. The van der Waals surface area contributed by atoms with Gasteiger partial charge in [-0.15, -0.1) is 0 Å². The van der Waals surface area contributed by atoms with Gasteiger partial charge in [-0.1, -0.05) is 26.3 Å². The van der Waals surface area contributed by atoms with Gasteiger partial charge in [0.1, 0.15) is 5.75 Å². The van der Waals surface area contributed by atoms with Crippen LogP contribution in [0, 0.1) is 5.92 Å². The number of phenolic OH excluding ortho intramolecular Hbond substituents is 1. The van der Waals surface area contributed by atoms with Crippen LogP contribution in [-0.2, 0) is 6.42 Å². The van der Waals surface area contributed by atoms with Crippen LogP contribution in [0.1, 0.15) is 37.4 Å². The maximum Gasteiger partial charge on any atom is 0.115 e. The molecule has 0 aliphatic carbocycles. The van der Waals surface area contributed by atoms with E-state index in [0.717, 1.165) is 19.4 Å². The molecule has 2 N–H and O–H groups in total. The summed E-state index contributed by atoms with van der Waals surface area (Å²) in [6.45, 7) is 5.52. The number of fused-ring (bicyclic) bond motifs is 1. The Bertz CT molecular complexity index is 348. The second kappa shape index (κ2) is 4.23. The van der Waals surface area contributed by atoms with Crippen molar-refractivity contribution in [1.29, 1.82) is 0 Å². The van der Waals surface area contributed by atoms with E-state index < -0.39 is 0 Å². The number of nitrogens with one attached hydrogen (secondary N) is 1. The van der Waals surface area contributed by atoms with Crippen molar-refractivity contribution in [3.8, 4) is 5.75 Å². The van der Waals surface area contributed by atoms with E-state index in [9.17, 15) is 5.11 Å². The third-order valence-electron chi connectivity index (χ3n) is 3.44. The summed E-state index contributed by atoms with van der Waals surface area (Å²) in [6.07, 6.45) is 2.23. The summed E-state index contributed by atoms with van der Waals surface area (Å²) in [6, 6.07) is 6.17. The van der Waals surface area contributed by atoms with Gasteiger partial charge in [-0.2, -0.15) is 0 Å². The zero-order chi connectivity index (χ0) is 10.8. The van der Waals surface area contributed by atoms with Crippen molar-refractivity contribution >= 4 is 0 Å². The van der Waals surface area contributed by atoms with Crippen LogP contribution in [0.4, 0.5) is 0 Å². The van der Waals surface area contributed by atoms with Gasteiger partial charge in [0.2, 0.25) is 0 Å². The quantitative estimate of drug-likeness (QED) is 0.778. The van der Waals surface area contributed by atoms with Crippen molar-refractivity contribution in [2.75, 3.05) is 6.54 Å². The van der Waals surface area contributed by atoms with Gasteiger partial charge in [0.25, 0.3) is 0 Å². The van der Waals surface area contributed by atoms with E-state index in [4.69, 9.17) is 0 Å². The normalized spacial score (nSPS) is 22.1. The molecule has 1 aromatic carbocycles. The first-order valence-electron chi connectivity index (χ1n) is 5.77. The Morgan fingerprint density at radius 2 is 2.33 bits per heavy atom. The van der Waals surface area contributed by atoms with Gasteiger partial charge in [0, 0.05) is 6.04 Å². The minimum Gasteiger partial charge on any atom is -0.508 e. The minimum absolute atomic E-state index is 0.380. The van der Waals surface area contributed by atoms with Crippen LogP contribution in [0.25, 0.3) is 0 Å². The van der Waals surface area contributed by atoms with Gasteiger partial charge in [-0.3, -0.25) is 0 Å². The lowest BCUT2D eigenvalue weighted by Crippen LogP contribution is -2.33. The van der Waals surface area contributed by atoms with Crippen LogP contribution in [0.5, 0.6) is 5.75 Å². The summed E-state index contributed by atoms with van der Waals surface area (Å²) in [7, 11) is 0. The molecule has 2 unspecified atom stereocenters. The van der Waals surface area contributed by atoms with E-state index in [2.05, 4.69) is 25.2 Å². The number of hydrogen-bond acceptors (Lipinski definition) is 2. The fourth-order valence-corrected chi connectivity index (χ4v) is 2.32. The topological polar surface area (TPSA) is 32.3 Å². The molecule has 0 radical (unpaired) electrons. The second-order valence-electron chi connectivity index (χ2n) is 4.45. The molecule has 0 saturated carbocycles. The molecule has 0 bridgehead atoms. The molecule has 1 heterocycles. The van der Waals surface area contributed by atoms with Gasteiger partial charge >= 0.3 is 0 Å². The highest BCUT2D eigenvalue weighted by Gasteiger charge is 2.23. The zero-order valence-corrected chi connectivity index (χ0v) is 9.46. The standard InChI is InChI=1S/C13H19NO/c1-3-9(2)13-12-8-11(15)5-4-10(12)6-7-14-13/h4-5,8-9,13-15H,3,6-7H2,1-2H3. The van der Waals surface area contributed by atoms with Crippen LogP contribution < -0.4 is 5.32 Å². The van der Waals surface area contributed by atoms with E-state index in [1.165, 1.54) is 11.1 Å². The van der Waals surface area contributed by atoms with Crippen LogP contribution in [-0.4, -0.2) is 11.7 Å². The van der Waals surface area contributed by atoms with Crippen molar-refractivity contribution < 1.29 is 5.11 Å². The monoisotopic (exact) mass is 205 g/mol. The Hall–Kier alpha value is -1.02. The summed E-state index contributed by atoms with van der Waals surface area (Å²) in [5.41, 5.74) is 2.67. The Balaban J connectivity index is 2.36. The lowest BCUT2D eigenvalue weighted by atomic mass is 9.86. The molecule has 1 aliphatic heterocycles. The largest absolute Gasteiger partial charge is 0.508 e. The van der Waals surface area contributed by atoms with Crippen molar-refractivity contribution in [2.24, 2.45) is 5.92 Å². The number of rotatable bonds is 2. The van der Waals surface area contributed by atoms with E-state index in [1.54, 1.807) is 6.07 Å². The molecule has 2 nitrogen and oxygen atoms in total. The van der Waals surface area contributed by atoms with Gasteiger partial charge in [-0.25, -0.2) is 0 Å². The first kappa shape index (κ1) is 10.5. The Labute approximate surface area is 91.3 Å². The second-order valence-corrected chi connectivity index (χ2v) is 4.45. The van der Waals surface area contributed by atoms with Crippen molar-refractivity contribution in [3.05, 3.63) is 29.3 Å². The van der Waals surface area contributed by atoms with Crippen LogP contribution in [0.2, 0.25) is 0 Å². The fraction of sp³-hybridized carbons (Fsp3) is 0.538. The van der Waals surface area contributed by atoms with Crippen LogP contribution >= 0.6 is 0 Å². The third-order valence-corrected chi connectivity index (χ3v) is 3.44. The Morgan fingerprint density at radius 1 is 1.53 bits per heavy atom. The molecule has 2 heteroatoms. The summed E-state index contributed by atoms with van der Waals surface area (Å²) < 4.78 is 0. The molecule has 0 saturated heterocycles. The molecule has 15 heavy (non-hydrogen) atoms. The molecule has 0 spiro atoms.